The van der Waals surface area contributed by atoms with Gasteiger partial charge in [0.2, 0.25) is 0 Å². The van der Waals surface area contributed by atoms with Crippen LogP contribution in [0, 0.1) is 0 Å². The monoisotopic (exact) mass is 492 g/mol. The first kappa shape index (κ1) is 22.0. The van der Waals surface area contributed by atoms with Gasteiger partial charge in [0, 0.05) is 6.20 Å². The SMILES string of the molecule is COC(=O)[C@@H](Br)[C@@H](F)c1cn(C(c2ccccc2)(c2ccccc2)c2ccccc2)cn1. The maximum atomic E-state index is 15.2. The molecule has 4 rings (SSSR count). The molecule has 4 nitrogen and oxygen atoms in total. The van der Waals surface area contributed by atoms with Gasteiger partial charge >= 0.3 is 5.97 Å². The zero-order valence-corrected chi connectivity index (χ0v) is 19.0. The number of rotatable bonds is 7. The summed E-state index contributed by atoms with van der Waals surface area (Å²) in [4.78, 5) is 15.1. The molecule has 0 radical (unpaired) electrons. The van der Waals surface area contributed by atoms with Crippen molar-refractivity contribution < 1.29 is 13.9 Å². The third-order valence-electron chi connectivity index (χ3n) is 5.53. The number of carbonyl (C=O) groups excluding carboxylic acids is 1. The molecular formula is C26H22BrFN2O2. The van der Waals surface area contributed by atoms with Gasteiger partial charge in [0.25, 0.3) is 0 Å². The number of hydrogen-bond donors (Lipinski definition) is 0. The Morgan fingerprint density at radius 1 is 0.906 bits per heavy atom. The second-order valence-corrected chi connectivity index (χ2v) is 8.33. The molecule has 0 N–H and O–H groups in total. The first-order valence-electron chi connectivity index (χ1n) is 10.2. The summed E-state index contributed by atoms with van der Waals surface area (Å²) in [5.74, 6) is -0.688. The van der Waals surface area contributed by atoms with Crippen molar-refractivity contribution in [3.63, 3.8) is 0 Å². The van der Waals surface area contributed by atoms with E-state index in [9.17, 15) is 4.79 Å². The van der Waals surface area contributed by atoms with Crippen LogP contribution in [0.5, 0.6) is 0 Å². The third kappa shape index (κ3) is 3.86. The Bertz CT molecular complexity index is 1070. The number of esters is 1. The third-order valence-corrected chi connectivity index (χ3v) is 6.37. The van der Waals surface area contributed by atoms with E-state index in [0.29, 0.717) is 0 Å². The van der Waals surface area contributed by atoms with E-state index in [-0.39, 0.29) is 5.69 Å². The van der Waals surface area contributed by atoms with Crippen LogP contribution in [0.15, 0.2) is 104 Å². The summed E-state index contributed by atoms with van der Waals surface area (Å²) < 4.78 is 21.7. The normalized spacial score (nSPS) is 13.3. The largest absolute Gasteiger partial charge is 0.468 e. The Morgan fingerprint density at radius 2 is 1.34 bits per heavy atom. The van der Waals surface area contributed by atoms with Crippen LogP contribution in [0.25, 0.3) is 0 Å². The lowest BCUT2D eigenvalue weighted by atomic mass is 9.77. The fourth-order valence-corrected chi connectivity index (χ4v) is 4.49. The number of carbonyl (C=O) groups is 1. The van der Waals surface area contributed by atoms with E-state index in [1.54, 1.807) is 12.5 Å². The van der Waals surface area contributed by atoms with Crippen LogP contribution in [0.2, 0.25) is 0 Å². The lowest BCUT2D eigenvalue weighted by molar-refractivity contribution is -0.141. The van der Waals surface area contributed by atoms with E-state index in [1.165, 1.54) is 7.11 Å². The maximum Gasteiger partial charge on any atom is 0.322 e. The van der Waals surface area contributed by atoms with Gasteiger partial charge in [-0.05, 0) is 16.7 Å². The standard InChI is InChI=1S/C26H22BrFN2O2/c1-32-25(31)23(27)24(28)22-17-30(18-29-22)26(19-11-5-2-6-12-19,20-13-7-3-8-14-20)21-15-9-4-10-16-21/h2-18,23-24H,1H3/t23-,24-/m0/s1. The fourth-order valence-electron chi connectivity index (χ4n) is 4.03. The average molecular weight is 493 g/mol. The van der Waals surface area contributed by atoms with Gasteiger partial charge in [-0.2, -0.15) is 0 Å². The molecule has 0 saturated carbocycles. The first-order chi connectivity index (χ1) is 15.6. The highest BCUT2D eigenvalue weighted by Crippen LogP contribution is 2.41. The highest BCUT2D eigenvalue weighted by molar-refractivity contribution is 9.10. The van der Waals surface area contributed by atoms with Gasteiger partial charge in [0.1, 0.15) is 10.4 Å². The summed E-state index contributed by atoms with van der Waals surface area (Å²) in [6, 6.07) is 30.1. The van der Waals surface area contributed by atoms with Crippen LogP contribution >= 0.6 is 15.9 Å². The molecule has 1 aromatic heterocycles. The minimum atomic E-state index is -1.66. The zero-order chi connectivity index (χ0) is 22.6. The number of alkyl halides is 2. The quantitative estimate of drug-likeness (QED) is 0.189. The Balaban J connectivity index is 1.96. The van der Waals surface area contributed by atoms with Crippen LogP contribution < -0.4 is 0 Å². The molecule has 0 aliphatic carbocycles. The van der Waals surface area contributed by atoms with Gasteiger partial charge in [-0.25, -0.2) is 9.37 Å². The van der Waals surface area contributed by atoms with Crippen LogP contribution in [-0.4, -0.2) is 27.5 Å². The Kier molecular flexibility index (Phi) is 6.51. The number of halogens is 2. The van der Waals surface area contributed by atoms with Crippen LogP contribution in [0.3, 0.4) is 0 Å². The van der Waals surface area contributed by atoms with Crippen LogP contribution in [-0.2, 0) is 15.1 Å². The molecule has 0 unspecified atom stereocenters. The molecule has 2 atom stereocenters. The molecule has 0 aliphatic heterocycles. The number of aromatic nitrogens is 2. The van der Waals surface area contributed by atoms with Crippen molar-refractivity contribution in [3.8, 4) is 0 Å². The molecule has 0 aliphatic rings. The number of ether oxygens (including phenoxy) is 1. The van der Waals surface area contributed by atoms with Gasteiger partial charge in [-0.3, -0.25) is 4.79 Å². The molecule has 162 valence electrons. The van der Waals surface area contributed by atoms with Crippen molar-refractivity contribution in [1.29, 1.82) is 0 Å². The maximum absolute atomic E-state index is 15.2. The Morgan fingerprint density at radius 3 is 1.75 bits per heavy atom. The number of nitrogens with zero attached hydrogens (tertiary/aromatic N) is 2. The van der Waals surface area contributed by atoms with Crippen molar-refractivity contribution >= 4 is 21.9 Å². The highest BCUT2D eigenvalue weighted by Gasteiger charge is 2.39. The molecule has 0 fully saturated rings. The van der Waals surface area contributed by atoms with Crippen molar-refractivity contribution in [2.24, 2.45) is 0 Å². The van der Waals surface area contributed by atoms with E-state index in [1.807, 2.05) is 95.6 Å². The fraction of sp³-hybridized carbons (Fsp3) is 0.154. The lowest BCUT2D eigenvalue weighted by Crippen LogP contribution is -2.37. The van der Waals surface area contributed by atoms with Gasteiger partial charge in [-0.1, -0.05) is 107 Å². The van der Waals surface area contributed by atoms with Crippen molar-refractivity contribution in [2.45, 2.75) is 16.5 Å². The summed E-state index contributed by atoms with van der Waals surface area (Å²) in [6.45, 7) is 0. The average Bonchev–Trinajstić information content (AvgIpc) is 3.35. The van der Waals surface area contributed by atoms with E-state index >= 15 is 4.39 Å². The minimum absolute atomic E-state index is 0.143. The summed E-state index contributed by atoms with van der Waals surface area (Å²) in [6.07, 6.45) is 1.62. The predicted molar refractivity (Wildman–Crippen MR) is 125 cm³/mol. The van der Waals surface area contributed by atoms with Crippen LogP contribution in [0.4, 0.5) is 4.39 Å². The van der Waals surface area contributed by atoms with Crippen LogP contribution in [0.1, 0.15) is 28.6 Å². The second kappa shape index (κ2) is 9.49. The van der Waals surface area contributed by atoms with Crippen molar-refractivity contribution in [2.75, 3.05) is 7.11 Å². The molecule has 0 saturated heterocycles. The summed E-state index contributed by atoms with van der Waals surface area (Å²) in [5, 5.41) is 0. The molecule has 0 bridgehead atoms. The van der Waals surface area contributed by atoms with E-state index < -0.39 is 22.5 Å². The number of hydrogen-bond acceptors (Lipinski definition) is 3. The lowest BCUT2D eigenvalue weighted by Gasteiger charge is -2.37. The molecule has 6 heteroatoms. The van der Waals surface area contributed by atoms with Gasteiger partial charge in [0.05, 0.1) is 19.1 Å². The molecular weight excluding hydrogens is 471 g/mol. The molecule has 32 heavy (non-hydrogen) atoms. The Labute approximate surface area is 194 Å². The molecule has 1 heterocycles. The van der Waals surface area contributed by atoms with E-state index in [2.05, 4.69) is 25.7 Å². The molecule has 0 spiro atoms. The van der Waals surface area contributed by atoms with Crippen molar-refractivity contribution in [1.82, 2.24) is 9.55 Å². The van der Waals surface area contributed by atoms with Gasteiger partial charge in [0.15, 0.2) is 6.17 Å². The zero-order valence-electron chi connectivity index (χ0n) is 17.4. The number of methoxy groups -OCH3 is 1. The first-order valence-corrected chi connectivity index (χ1v) is 11.1. The second-order valence-electron chi connectivity index (χ2n) is 7.34. The predicted octanol–water partition coefficient (Wildman–Crippen LogP) is 5.67. The molecule has 4 aromatic rings. The summed E-state index contributed by atoms with van der Waals surface area (Å²) >= 11 is 3.10. The molecule has 0 amide bonds. The number of imidazole rings is 1. The van der Waals surface area contributed by atoms with E-state index in [4.69, 9.17) is 0 Å². The smallest absolute Gasteiger partial charge is 0.322 e. The van der Waals surface area contributed by atoms with Gasteiger partial charge < -0.3 is 9.30 Å². The van der Waals surface area contributed by atoms with Gasteiger partial charge in [-0.15, -0.1) is 0 Å². The highest BCUT2D eigenvalue weighted by atomic mass is 79.9. The summed E-state index contributed by atoms with van der Waals surface area (Å²) in [7, 11) is 1.23. The van der Waals surface area contributed by atoms with E-state index in [0.717, 1.165) is 16.7 Å². The minimum Gasteiger partial charge on any atom is -0.468 e. The number of benzene rings is 3. The van der Waals surface area contributed by atoms with Crippen molar-refractivity contribution in [3.05, 3.63) is 126 Å². The topological polar surface area (TPSA) is 44.1 Å². The summed E-state index contributed by atoms with van der Waals surface area (Å²) in [5.41, 5.74) is 2.35. The Hall–Kier alpha value is -3.25. The molecule has 3 aromatic carbocycles.